The number of likely N-dealkylation sites (N-methyl/N-ethyl adjacent to an activating group) is 1. The maximum atomic E-state index is 6.31. The Morgan fingerprint density at radius 1 is 1.39 bits per heavy atom. The van der Waals surface area contributed by atoms with E-state index in [-0.39, 0.29) is 12.2 Å². The summed E-state index contributed by atoms with van der Waals surface area (Å²) in [7, 11) is 1.91. The van der Waals surface area contributed by atoms with Gasteiger partial charge in [-0.2, -0.15) is 5.10 Å². The largest absolute Gasteiger partial charge is 0.346 e. The van der Waals surface area contributed by atoms with Gasteiger partial charge in [0.05, 0.1) is 11.9 Å². The Bertz CT molecular complexity index is 760. The van der Waals surface area contributed by atoms with Crippen LogP contribution in [0.2, 0.25) is 0 Å². The number of rotatable bonds is 7. The first kappa shape index (κ1) is 15.6. The van der Waals surface area contributed by atoms with Crippen molar-refractivity contribution in [1.82, 2.24) is 30.0 Å². The molecular weight excluding hydrogens is 290 g/mol. The molecule has 122 valence electrons. The van der Waals surface area contributed by atoms with Crippen LogP contribution in [0.15, 0.2) is 31.0 Å². The third kappa shape index (κ3) is 3.11. The van der Waals surface area contributed by atoms with Crippen LogP contribution >= 0.6 is 0 Å². The highest BCUT2D eigenvalue weighted by molar-refractivity contribution is 5.89. The SMILES string of the molecule is CCCCC(N)C(NC)n1cc(-c2ncnc3[nH]ccc23)cn1. The molecule has 7 heteroatoms. The molecule has 3 aromatic heterocycles. The smallest absolute Gasteiger partial charge is 0.141 e. The van der Waals surface area contributed by atoms with Gasteiger partial charge in [0, 0.05) is 29.4 Å². The predicted molar refractivity (Wildman–Crippen MR) is 90.7 cm³/mol. The Morgan fingerprint density at radius 3 is 3.04 bits per heavy atom. The van der Waals surface area contributed by atoms with Gasteiger partial charge in [0.15, 0.2) is 0 Å². The van der Waals surface area contributed by atoms with E-state index >= 15 is 0 Å². The van der Waals surface area contributed by atoms with Gasteiger partial charge in [0.1, 0.15) is 18.1 Å². The second-order valence-corrected chi connectivity index (χ2v) is 5.71. The first-order chi connectivity index (χ1) is 11.2. The molecule has 0 spiro atoms. The number of fused-ring (bicyclic) bond motifs is 1. The molecule has 0 aliphatic heterocycles. The van der Waals surface area contributed by atoms with Crippen molar-refractivity contribution in [3.05, 3.63) is 31.0 Å². The molecule has 0 aliphatic rings. The number of nitrogens with two attached hydrogens (primary N) is 1. The average Bonchev–Trinajstić information content (AvgIpc) is 3.22. The number of nitrogens with zero attached hydrogens (tertiary/aromatic N) is 4. The maximum absolute atomic E-state index is 6.31. The highest BCUT2D eigenvalue weighted by atomic mass is 15.4. The van der Waals surface area contributed by atoms with E-state index in [1.807, 2.05) is 36.4 Å². The van der Waals surface area contributed by atoms with Crippen molar-refractivity contribution in [3.8, 4) is 11.3 Å². The second kappa shape index (κ2) is 6.89. The number of aromatic nitrogens is 5. The van der Waals surface area contributed by atoms with Gasteiger partial charge in [-0.25, -0.2) is 9.97 Å². The normalized spacial score (nSPS) is 14.2. The predicted octanol–water partition coefficient (Wildman–Crippen LogP) is 2.06. The summed E-state index contributed by atoms with van der Waals surface area (Å²) in [5.41, 5.74) is 8.97. The van der Waals surface area contributed by atoms with Crippen LogP contribution in [-0.4, -0.2) is 37.8 Å². The molecule has 0 saturated heterocycles. The average molecular weight is 313 g/mol. The van der Waals surface area contributed by atoms with Crippen LogP contribution in [0.25, 0.3) is 22.3 Å². The summed E-state index contributed by atoms with van der Waals surface area (Å²) in [4.78, 5) is 11.7. The first-order valence-corrected chi connectivity index (χ1v) is 8.00. The molecule has 0 saturated carbocycles. The summed E-state index contributed by atoms with van der Waals surface area (Å²) in [5, 5.41) is 8.74. The molecule has 23 heavy (non-hydrogen) atoms. The Kier molecular flexibility index (Phi) is 4.68. The Balaban J connectivity index is 1.88. The van der Waals surface area contributed by atoms with Crippen LogP contribution in [0.4, 0.5) is 0 Å². The lowest BCUT2D eigenvalue weighted by molar-refractivity contribution is 0.314. The van der Waals surface area contributed by atoms with Crippen LogP contribution < -0.4 is 11.1 Å². The van der Waals surface area contributed by atoms with Gasteiger partial charge in [-0.1, -0.05) is 19.8 Å². The van der Waals surface area contributed by atoms with E-state index in [0.29, 0.717) is 0 Å². The summed E-state index contributed by atoms with van der Waals surface area (Å²) in [6, 6.07) is 2.00. The Morgan fingerprint density at radius 2 is 2.26 bits per heavy atom. The lowest BCUT2D eigenvalue weighted by Crippen LogP contribution is -2.40. The Hall–Kier alpha value is -2.25. The van der Waals surface area contributed by atoms with Crippen molar-refractivity contribution in [2.75, 3.05) is 7.05 Å². The molecule has 0 radical (unpaired) electrons. The minimum Gasteiger partial charge on any atom is -0.346 e. The molecule has 3 rings (SSSR count). The number of aromatic amines is 1. The van der Waals surface area contributed by atoms with E-state index in [9.17, 15) is 0 Å². The van der Waals surface area contributed by atoms with Gasteiger partial charge >= 0.3 is 0 Å². The van der Waals surface area contributed by atoms with Crippen molar-refractivity contribution in [2.24, 2.45) is 5.73 Å². The molecular formula is C16H23N7. The quantitative estimate of drug-likeness (QED) is 0.620. The maximum Gasteiger partial charge on any atom is 0.141 e. The molecule has 0 amide bonds. The molecule has 7 nitrogen and oxygen atoms in total. The molecule has 0 fully saturated rings. The zero-order valence-electron chi connectivity index (χ0n) is 13.5. The zero-order chi connectivity index (χ0) is 16.2. The number of unbranched alkanes of at least 4 members (excludes halogenated alkanes) is 1. The molecule has 3 heterocycles. The van der Waals surface area contributed by atoms with Crippen molar-refractivity contribution in [3.63, 3.8) is 0 Å². The fourth-order valence-electron chi connectivity index (χ4n) is 2.86. The molecule has 0 bridgehead atoms. The van der Waals surface area contributed by atoms with E-state index in [2.05, 4.69) is 32.3 Å². The van der Waals surface area contributed by atoms with Gasteiger partial charge in [0.25, 0.3) is 0 Å². The number of hydrogen-bond acceptors (Lipinski definition) is 5. The minimum absolute atomic E-state index is 0.0189. The van der Waals surface area contributed by atoms with Gasteiger partial charge in [0.2, 0.25) is 0 Å². The summed E-state index contributed by atoms with van der Waals surface area (Å²) in [6.07, 6.45) is 10.4. The molecule has 2 atom stereocenters. The van der Waals surface area contributed by atoms with E-state index in [1.54, 1.807) is 6.33 Å². The summed E-state index contributed by atoms with van der Waals surface area (Å²) >= 11 is 0. The second-order valence-electron chi connectivity index (χ2n) is 5.71. The van der Waals surface area contributed by atoms with Crippen molar-refractivity contribution in [2.45, 2.75) is 38.4 Å². The highest BCUT2D eigenvalue weighted by Crippen LogP contribution is 2.25. The number of hydrogen-bond donors (Lipinski definition) is 3. The fraction of sp³-hybridized carbons (Fsp3) is 0.438. The highest BCUT2D eigenvalue weighted by Gasteiger charge is 2.19. The molecule has 0 aliphatic carbocycles. The van der Waals surface area contributed by atoms with E-state index in [1.165, 1.54) is 0 Å². The summed E-state index contributed by atoms with van der Waals surface area (Å²) in [6.45, 7) is 2.17. The van der Waals surface area contributed by atoms with Gasteiger partial charge < -0.3 is 10.7 Å². The summed E-state index contributed by atoms with van der Waals surface area (Å²) < 4.78 is 1.89. The third-order valence-electron chi connectivity index (χ3n) is 4.11. The van der Waals surface area contributed by atoms with Crippen molar-refractivity contribution >= 4 is 11.0 Å². The van der Waals surface area contributed by atoms with Crippen LogP contribution in [0.1, 0.15) is 32.4 Å². The number of nitrogens with one attached hydrogen (secondary N) is 2. The van der Waals surface area contributed by atoms with Crippen LogP contribution in [0.5, 0.6) is 0 Å². The van der Waals surface area contributed by atoms with Gasteiger partial charge in [-0.15, -0.1) is 0 Å². The lowest BCUT2D eigenvalue weighted by atomic mass is 10.1. The van der Waals surface area contributed by atoms with Crippen LogP contribution in [0, 0.1) is 0 Å². The van der Waals surface area contributed by atoms with Gasteiger partial charge in [-0.3, -0.25) is 10.00 Å². The van der Waals surface area contributed by atoms with Crippen LogP contribution in [-0.2, 0) is 0 Å². The standard InChI is InChI=1S/C16H23N7/c1-3-4-5-13(17)16(18-2)23-9-11(8-22-23)14-12-6-7-19-15(12)21-10-20-14/h6-10,13,16,18H,3-5,17H2,1-2H3,(H,19,20,21). The molecule has 0 aromatic carbocycles. The van der Waals surface area contributed by atoms with Crippen molar-refractivity contribution in [1.29, 1.82) is 0 Å². The van der Waals surface area contributed by atoms with E-state index in [0.717, 1.165) is 41.6 Å². The van der Waals surface area contributed by atoms with Crippen LogP contribution in [0.3, 0.4) is 0 Å². The van der Waals surface area contributed by atoms with Crippen molar-refractivity contribution < 1.29 is 0 Å². The first-order valence-electron chi connectivity index (χ1n) is 8.00. The summed E-state index contributed by atoms with van der Waals surface area (Å²) in [5.74, 6) is 0. The minimum atomic E-state index is -0.0288. The third-order valence-corrected chi connectivity index (χ3v) is 4.11. The topological polar surface area (TPSA) is 97.4 Å². The molecule has 4 N–H and O–H groups in total. The monoisotopic (exact) mass is 313 g/mol. The van der Waals surface area contributed by atoms with E-state index < -0.39 is 0 Å². The Labute approximate surface area is 135 Å². The van der Waals surface area contributed by atoms with E-state index in [4.69, 9.17) is 5.73 Å². The lowest BCUT2D eigenvalue weighted by Gasteiger charge is -2.23. The fourth-order valence-corrected chi connectivity index (χ4v) is 2.86. The number of H-pyrrole nitrogens is 1. The zero-order valence-corrected chi connectivity index (χ0v) is 13.5. The molecule has 3 aromatic rings. The van der Waals surface area contributed by atoms with Gasteiger partial charge in [-0.05, 0) is 19.5 Å². The molecule has 2 unspecified atom stereocenters.